The second-order valence-corrected chi connectivity index (χ2v) is 6.85. The molecule has 4 aromatic rings. The number of oxazole rings is 1. The molecule has 134 valence electrons. The lowest BCUT2D eigenvalue weighted by atomic mass is 10.1. The Morgan fingerprint density at radius 3 is 2.41 bits per heavy atom. The van der Waals surface area contributed by atoms with Gasteiger partial charge in [0.15, 0.2) is 5.58 Å². The second-order valence-electron chi connectivity index (χ2n) is 6.85. The quantitative estimate of drug-likeness (QED) is 0.514. The van der Waals surface area contributed by atoms with E-state index in [0.29, 0.717) is 11.5 Å². The predicted octanol–water partition coefficient (Wildman–Crippen LogP) is 5.67. The summed E-state index contributed by atoms with van der Waals surface area (Å²) in [5, 5.41) is 3.02. The highest BCUT2D eigenvalue weighted by Crippen LogP contribution is 2.28. The standard InChI is InChI=1S/C23H20N2O2/c1-14-10-15(2)12-18(11-14)22(26)24-20-13-17(9-8-16(20)3)23-25-19-6-4-5-7-21(19)27-23/h4-13H,1-3H3,(H,24,26). The zero-order chi connectivity index (χ0) is 19.0. The van der Waals surface area contributed by atoms with E-state index in [1.807, 2.05) is 75.4 Å². The van der Waals surface area contributed by atoms with Crippen molar-refractivity contribution in [3.8, 4) is 11.5 Å². The third-order valence-corrected chi connectivity index (χ3v) is 4.51. The van der Waals surface area contributed by atoms with E-state index in [1.165, 1.54) is 0 Å². The van der Waals surface area contributed by atoms with Gasteiger partial charge in [0.2, 0.25) is 5.89 Å². The molecule has 4 rings (SSSR count). The zero-order valence-corrected chi connectivity index (χ0v) is 15.5. The first-order valence-corrected chi connectivity index (χ1v) is 8.86. The van der Waals surface area contributed by atoms with Crippen molar-refractivity contribution in [1.29, 1.82) is 0 Å². The molecular weight excluding hydrogens is 336 g/mol. The minimum atomic E-state index is -0.125. The van der Waals surface area contributed by atoms with E-state index in [1.54, 1.807) is 0 Å². The summed E-state index contributed by atoms with van der Waals surface area (Å²) in [7, 11) is 0. The summed E-state index contributed by atoms with van der Waals surface area (Å²) in [6.45, 7) is 5.94. The number of para-hydroxylation sites is 2. The van der Waals surface area contributed by atoms with Gasteiger partial charge in [-0.05, 0) is 62.7 Å². The number of aromatic nitrogens is 1. The third kappa shape index (κ3) is 3.47. The van der Waals surface area contributed by atoms with Crippen LogP contribution < -0.4 is 5.32 Å². The van der Waals surface area contributed by atoms with Crippen LogP contribution >= 0.6 is 0 Å². The van der Waals surface area contributed by atoms with Crippen molar-refractivity contribution in [1.82, 2.24) is 4.98 Å². The van der Waals surface area contributed by atoms with Crippen molar-refractivity contribution in [2.45, 2.75) is 20.8 Å². The summed E-state index contributed by atoms with van der Waals surface area (Å²) >= 11 is 0. The van der Waals surface area contributed by atoms with Crippen LogP contribution in [0, 0.1) is 20.8 Å². The molecule has 4 heteroatoms. The minimum absolute atomic E-state index is 0.125. The van der Waals surface area contributed by atoms with E-state index in [9.17, 15) is 4.79 Å². The summed E-state index contributed by atoms with van der Waals surface area (Å²) in [6, 6.07) is 19.3. The van der Waals surface area contributed by atoms with Crippen LogP contribution in [0.5, 0.6) is 0 Å². The number of benzene rings is 3. The Kier molecular flexibility index (Phi) is 4.24. The summed E-state index contributed by atoms with van der Waals surface area (Å²) in [5.74, 6) is 0.415. The Hall–Kier alpha value is -3.40. The summed E-state index contributed by atoms with van der Waals surface area (Å²) < 4.78 is 5.85. The van der Waals surface area contributed by atoms with Crippen molar-refractivity contribution < 1.29 is 9.21 Å². The molecule has 0 unspecified atom stereocenters. The Morgan fingerprint density at radius 1 is 0.926 bits per heavy atom. The number of amides is 1. The topological polar surface area (TPSA) is 55.1 Å². The number of rotatable bonds is 3. The number of carbonyl (C=O) groups is 1. The van der Waals surface area contributed by atoms with Crippen molar-refractivity contribution in [3.63, 3.8) is 0 Å². The SMILES string of the molecule is Cc1cc(C)cc(C(=O)Nc2cc(-c3nc4ccccc4o3)ccc2C)c1. The van der Waals surface area contributed by atoms with E-state index in [0.717, 1.165) is 39.0 Å². The molecule has 4 nitrogen and oxygen atoms in total. The van der Waals surface area contributed by atoms with E-state index in [4.69, 9.17) is 4.42 Å². The summed E-state index contributed by atoms with van der Waals surface area (Å²) in [5.41, 5.74) is 6.90. The molecule has 3 aromatic carbocycles. The Bertz CT molecular complexity index is 1100. The Morgan fingerprint density at radius 2 is 1.67 bits per heavy atom. The highest BCUT2D eigenvalue weighted by molar-refractivity contribution is 6.05. The molecule has 0 saturated carbocycles. The normalized spacial score (nSPS) is 10.9. The van der Waals surface area contributed by atoms with Gasteiger partial charge in [-0.3, -0.25) is 4.79 Å². The molecule has 0 aliphatic rings. The van der Waals surface area contributed by atoms with Crippen LogP contribution in [-0.2, 0) is 0 Å². The number of nitrogens with one attached hydrogen (secondary N) is 1. The van der Waals surface area contributed by atoms with E-state index in [-0.39, 0.29) is 5.91 Å². The first-order valence-electron chi connectivity index (χ1n) is 8.86. The maximum absolute atomic E-state index is 12.7. The largest absolute Gasteiger partial charge is 0.436 e. The molecule has 27 heavy (non-hydrogen) atoms. The fraction of sp³-hybridized carbons (Fsp3) is 0.130. The molecular formula is C23H20N2O2. The van der Waals surface area contributed by atoms with Crippen molar-refractivity contribution in [2.75, 3.05) is 5.32 Å². The monoisotopic (exact) mass is 356 g/mol. The average Bonchev–Trinajstić information content (AvgIpc) is 3.07. The lowest BCUT2D eigenvalue weighted by Gasteiger charge is -2.11. The smallest absolute Gasteiger partial charge is 0.255 e. The van der Waals surface area contributed by atoms with Crippen molar-refractivity contribution in [2.24, 2.45) is 0 Å². The van der Waals surface area contributed by atoms with Gasteiger partial charge >= 0.3 is 0 Å². The molecule has 0 fully saturated rings. The molecule has 0 aliphatic heterocycles. The number of nitrogens with zero attached hydrogens (tertiary/aromatic N) is 1. The van der Waals surface area contributed by atoms with Gasteiger partial charge in [-0.2, -0.15) is 0 Å². The number of carbonyl (C=O) groups excluding carboxylic acids is 1. The third-order valence-electron chi connectivity index (χ3n) is 4.51. The summed E-state index contributed by atoms with van der Waals surface area (Å²) in [4.78, 5) is 17.2. The molecule has 0 bridgehead atoms. The fourth-order valence-corrected chi connectivity index (χ4v) is 3.19. The van der Waals surface area contributed by atoms with E-state index >= 15 is 0 Å². The first-order chi connectivity index (χ1) is 13.0. The molecule has 0 aliphatic carbocycles. The molecule has 1 amide bonds. The van der Waals surface area contributed by atoms with E-state index < -0.39 is 0 Å². The average molecular weight is 356 g/mol. The molecule has 0 atom stereocenters. The molecule has 1 aromatic heterocycles. The lowest BCUT2D eigenvalue weighted by Crippen LogP contribution is -2.13. The van der Waals surface area contributed by atoms with Crippen LogP contribution in [-0.4, -0.2) is 10.9 Å². The van der Waals surface area contributed by atoms with Gasteiger partial charge in [0.1, 0.15) is 5.52 Å². The highest BCUT2D eigenvalue weighted by atomic mass is 16.3. The predicted molar refractivity (Wildman–Crippen MR) is 108 cm³/mol. The Labute approximate surface area is 157 Å². The van der Waals surface area contributed by atoms with Gasteiger partial charge in [-0.1, -0.05) is 35.4 Å². The maximum Gasteiger partial charge on any atom is 0.255 e. The van der Waals surface area contributed by atoms with Gasteiger partial charge in [-0.15, -0.1) is 0 Å². The molecule has 0 spiro atoms. The number of fused-ring (bicyclic) bond motifs is 1. The van der Waals surface area contributed by atoms with Crippen LogP contribution in [0.4, 0.5) is 5.69 Å². The molecule has 0 radical (unpaired) electrons. The van der Waals surface area contributed by atoms with Gasteiger partial charge in [0.25, 0.3) is 5.91 Å². The number of aryl methyl sites for hydroxylation is 3. The van der Waals surface area contributed by atoms with Crippen LogP contribution in [0.1, 0.15) is 27.0 Å². The van der Waals surface area contributed by atoms with E-state index in [2.05, 4.69) is 16.4 Å². The number of hydrogen-bond donors (Lipinski definition) is 1. The van der Waals surface area contributed by atoms with Crippen LogP contribution in [0.3, 0.4) is 0 Å². The molecule has 1 heterocycles. The first kappa shape index (κ1) is 17.0. The van der Waals surface area contributed by atoms with Gasteiger partial charge < -0.3 is 9.73 Å². The summed E-state index contributed by atoms with van der Waals surface area (Å²) in [6.07, 6.45) is 0. The van der Waals surface area contributed by atoms with Crippen LogP contribution in [0.25, 0.3) is 22.6 Å². The van der Waals surface area contributed by atoms with Gasteiger partial charge in [0, 0.05) is 16.8 Å². The van der Waals surface area contributed by atoms with Crippen LogP contribution in [0.15, 0.2) is 65.1 Å². The highest BCUT2D eigenvalue weighted by Gasteiger charge is 2.13. The van der Waals surface area contributed by atoms with Crippen molar-refractivity contribution in [3.05, 3.63) is 82.9 Å². The van der Waals surface area contributed by atoms with Gasteiger partial charge in [0.05, 0.1) is 0 Å². The van der Waals surface area contributed by atoms with Crippen LogP contribution in [0.2, 0.25) is 0 Å². The number of anilines is 1. The van der Waals surface area contributed by atoms with Gasteiger partial charge in [-0.25, -0.2) is 4.98 Å². The van der Waals surface area contributed by atoms with Crippen molar-refractivity contribution >= 4 is 22.7 Å². The number of hydrogen-bond acceptors (Lipinski definition) is 3. The fourth-order valence-electron chi connectivity index (χ4n) is 3.19. The maximum atomic E-state index is 12.7. The zero-order valence-electron chi connectivity index (χ0n) is 15.5. The lowest BCUT2D eigenvalue weighted by molar-refractivity contribution is 0.102. The molecule has 1 N–H and O–H groups in total. The second kappa shape index (κ2) is 6.72. The minimum Gasteiger partial charge on any atom is -0.436 e. The Balaban J connectivity index is 1.67. The molecule has 0 saturated heterocycles.